The van der Waals surface area contributed by atoms with Crippen molar-refractivity contribution in [3.8, 4) is 11.5 Å². The molecule has 0 radical (unpaired) electrons. The number of aromatic amines is 1. The van der Waals surface area contributed by atoms with E-state index in [0.29, 0.717) is 23.4 Å². The second-order valence-electron chi connectivity index (χ2n) is 7.02. The van der Waals surface area contributed by atoms with E-state index >= 15 is 0 Å². The number of aromatic nitrogens is 4. The number of amides is 1. The minimum Gasteiger partial charge on any atom is -0.508 e. The number of phenols is 2. The third kappa shape index (κ3) is 5.67. The highest BCUT2D eigenvalue weighted by atomic mass is 16.3. The number of aryl methyl sites for hydroxylation is 1. The van der Waals surface area contributed by atoms with Crippen molar-refractivity contribution in [1.82, 2.24) is 25.9 Å². The average Bonchev–Trinajstić information content (AvgIpc) is 3.12. The standard InChI is InChI=1S/C20H27N5O3/c1-12(2)6-5-7-13(3)8-9-15-16(26)10-14(4)18(19(15)27)20(28)21-11-17-22-24-25-23-17/h6,8,10,26-27H,5,7,9,11H2,1-4H3,(H,21,28)(H,22,23,24,25)/b13-8+. The van der Waals surface area contributed by atoms with E-state index in [1.807, 2.05) is 13.0 Å². The first-order valence-corrected chi connectivity index (χ1v) is 9.13. The molecule has 0 saturated heterocycles. The van der Waals surface area contributed by atoms with Gasteiger partial charge in [-0.05, 0) is 69.0 Å². The molecule has 0 unspecified atom stereocenters. The Morgan fingerprint density at radius 1 is 1.25 bits per heavy atom. The Morgan fingerprint density at radius 2 is 2.00 bits per heavy atom. The van der Waals surface area contributed by atoms with Crippen molar-refractivity contribution in [2.75, 3.05) is 0 Å². The van der Waals surface area contributed by atoms with E-state index in [-0.39, 0.29) is 23.6 Å². The summed E-state index contributed by atoms with van der Waals surface area (Å²) in [6, 6.07) is 1.49. The minimum absolute atomic E-state index is 0.0284. The van der Waals surface area contributed by atoms with Crippen LogP contribution in [0.25, 0.3) is 0 Å². The number of H-pyrrole nitrogens is 1. The summed E-state index contributed by atoms with van der Waals surface area (Å²) >= 11 is 0. The second kappa shape index (κ2) is 9.68. The zero-order chi connectivity index (χ0) is 20.7. The maximum Gasteiger partial charge on any atom is 0.255 e. The number of tetrazole rings is 1. The third-order valence-corrected chi connectivity index (χ3v) is 4.36. The summed E-state index contributed by atoms with van der Waals surface area (Å²) < 4.78 is 0. The lowest BCUT2D eigenvalue weighted by atomic mass is 9.98. The van der Waals surface area contributed by atoms with Crippen LogP contribution < -0.4 is 5.32 Å². The number of hydrogen-bond donors (Lipinski definition) is 4. The van der Waals surface area contributed by atoms with Crippen LogP contribution in [0.4, 0.5) is 0 Å². The van der Waals surface area contributed by atoms with Gasteiger partial charge in [0.05, 0.1) is 12.1 Å². The van der Waals surface area contributed by atoms with Crippen molar-refractivity contribution in [2.45, 2.75) is 53.5 Å². The van der Waals surface area contributed by atoms with Crippen LogP contribution in [0.2, 0.25) is 0 Å². The van der Waals surface area contributed by atoms with Crippen LogP contribution in [-0.2, 0) is 13.0 Å². The Hall–Kier alpha value is -3.16. The van der Waals surface area contributed by atoms with E-state index in [1.165, 1.54) is 11.6 Å². The topological polar surface area (TPSA) is 124 Å². The van der Waals surface area contributed by atoms with Crippen LogP contribution in [0.1, 0.15) is 60.9 Å². The highest BCUT2D eigenvalue weighted by Gasteiger charge is 2.20. The Morgan fingerprint density at radius 3 is 2.64 bits per heavy atom. The molecule has 0 spiro atoms. The van der Waals surface area contributed by atoms with E-state index in [0.717, 1.165) is 18.4 Å². The molecule has 1 amide bonds. The number of nitrogens with zero attached hydrogens (tertiary/aromatic N) is 3. The van der Waals surface area contributed by atoms with Crippen LogP contribution in [0.15, 0.2) is 29.4 Å². The average molecular weight is 385 g/mol. The molecule has 0 bridgehead atoms. The number of hydrogen-bond acceptors (Lipinski definition) is 6. The van der Waals surface area contributed by atoms with Gasteiger partial charge in [0.1, 0.15) is 11.5 Å². The molecule has 2 aromatic rings. The first-order valence-electron chi connectivity index (χ1n) is 9.13. The number of carbonyl (C=O) groups is 1. The molecule has 150 valence electrons. The summed E-state index contributed by atoms with van der Waals surface area (Å²) in [7, 11) is 0. The zero-order valence-electron chi connectivity index (χ0n) is 16.7. The predicted octanol–water partition coefficient (Wildman–Crippen LogP) is 3.08. The summed E-state index contributed by atoms with van der Waals surface area (Å²) in [6.07, 6.45) is 6.32. The number of nitrogens with one attached hydrogen (secondary N) is 2. The molecule has 2 rings (SSSR count). The van der Waals surface area contributed by atoms with Crippen LogP contribution in [0.3, 0.4) is 0 Å². The van der Waals surface area contributed by atoms with Crippen molar-refractivity contribution in [1.29, 1.82) is 0 Å². The highest BCUT2D eigenvalue weighted by Crippen LogP contribution is 2.34. The SMILES string of the molecule is CC(C)=CCC/C(C)=C/Cc1c(O)cc(C)c(C(=O)NCc2nnn[nH]2)c1O. The van der Waals surface area contributed by atoms with Gasteiger partial charge in [0.25, 0.3) is 5.91 Å². The number of rotatable bonds is 8. The van der Waals surface area contributed by atoms with Gasteiger partial charge in [-0.15, -0.1) is 5.10 Å². The lowest BCUT2D eigenvalue weighted by molar-refractivity contribution is 0.0946. The van der Waals surface area contributed by atoms with Gasteiger partial charge in [-0.3, -0.25) is 4.79 Å². The van der Waals surface area contributed by atoms with Crippen molar-refractivity contribution >= 4 is 5.91 Å². The molecule has 1 heterocycles. The molecule has 28 heavy (non-hydrogen) atoms. The molecule has 0 fully saturated rings. The van der Waals surface area contributed by atoms with E-state index in [9.17, 15) is 15.0 Å². The first-order chi connectivity index (χ1) is 13.3. The zero-order valence-corrected chi connectivity index (χ0v) is 16.7. The lowest BCUT2D eigenvalue weighted by Crippen LogP contribution is -2.24. The first kappa shape index (κ1) is 21.1. The van der Waals surface area contributed by atoms with E-state index in [1.54, 1.807) is 6.92 Å². The highest BCUT2D eigenvalue weighted by molar-refractivity contribution is 5.99. The number of phenolic OH excluding ortho intramolecular Hbond substituents is 2. The summed E-state index contributed by atoms with van der Waals surface area (Å²) in [5.41, 5.74) is 3.38. The lowest BCUT2D eigenvalue weighted by Gasteiger charge is -2.14. The molecule has 8 heteroatoms. The number of benzene rings is 1. The molecule has 8 nitrogen and oxygen atoms in total. The van der Waals surface area contributed by atoms with Crippen molar-refractivity contribution < 1.29 is 15.0 Å². The Labute approximate surface area is 164 Å². The van der Waals surface area contributed by atoms with Crippen LogP contribution in [0.5, 0.6) is 11.5 Å². The molecule has 0 aliphatic carbocycles. The smallest absolute Gasteiger partial charge is 0.255 e. The summed E-state index contributed by atoms with van der Waals surface area (Å²) in [5, 5.41) is 36.7. The molecular formula is C20H27N5O3. The molecule has 1 aromatic carbocycles. The van der Waals surface area contributed by atoms with E-state index < -0.39 is 5.91 Å². The maximum atomic E-state index is 12.5. The van der Waals surface area contributed by atoms with Gasteiger partial charge >= 0.3 is 0 Å². The quantitative estimate of drug-likeness (QED) is 0.518. The van der Waals surface area contributed by atoms with Crippen LogP contribution in [-0.4, -0.2) is 36.7 Å². The van der Waals surface area contributed by atoms with Gasteiger partial charge in [-0.25, -0.2) is 5.10 Å². The fourth-order valence-corrected chi connectivity index (χ4v) is 2.78. The molecule has 1 aromatic heterocycles. The van der Waals surface area contributed by atoms with Crippen molar-refractivity contribution in [2.24, 2.45) is 0 Å². The molecule has 0 saturated carbocycles. The largest absolute Gasteiger partial charge is 0.508 e. The fourth-order valence-electron chi connectivity index (χ4n) is 2.78. The Balaban J connectivity index is 2.15. The molecule has 4 N–H and O–H groups in total. The number of aromatic hydroxyl groups is 2. The number of carbonyl (C=O) groups excluding carboxylic acids is 1. The van der Waals surface area contributed by atoms with E-state index in [4.69, 9.17) is 0 Å². The minimum atomic E-state index is -0.461. The molecule has 0 aliphatic rings. The van der Waals surface area contributed by atoms with Gasteiger partial charge in [-0.2, -0.15) is 0 Å². The van der Waals surface area contributed by atoms with E-state index in [2.05, 4.69) is 45.9 Å². The predicted molar refractivity (Wildman–Crippen MR) is 106 cm³/mol. The fraction of sp³-hybridized carbons (Fsp3) is 0.400. The maximum absolute atomic E-state index is 12.5. The van der Waals surface area contributed by atoms with Gasteiger partial charge in [-0.1, -0.05) is 23.3 Å². The summed E-state index contributed by atoms with van der Waals surface area (Å²) in [6.45, 7) is 7.90. The van der Waals surface area contributed by atoms with Crippen LogP contribution >= 0.6 is 0 Å². The molecular weight excluding hydrogens is 358 g/mol. The summed E-state index contributed by atoms with van der Waals surface area (Å²) in [5.74, 6) is -0.297. The van der Waals surface area contributed by atoms with Gasteiger partial charge in [0.15, 0.2) is 5.82 Å². The normalized spacial score (nSPS) is 11.4. The van der Waals surface area contributed by atoms with Crippen molar-refractivity contribution in [3.63, 3.8) is 0 Å². The van der Waals surface area contributed by atoms with Gasteiger partial charge < -0.3 is 15.5 Å². The van der Waals surface area contributed by atoms with Crippen LogP contribution in [0, 0.1) is 6.92 Å². The van der Waals surface area contributed by atoms with Gasteiger partial charge in [0.2, 0.25) is 0 Å². The Bertz CT molecular complexity index is 882. The van der Waals surface area contributed by atoms with Crippen molar-refractivity contribution in [3.05, 3.63) is 51.9 Å². The Kier molecular flexibility index (Phi) is 7.31. The second-order valence-corrected chi connectivity index (χ2v) is 7.02. The number of allylic oxidation sites excluding steroid dienone is 4. The van der Waals surface area contributed by atoms with Gasteiger partial charge in [0, 0.05) is 5.56 Å². The molecule has 0 aliphatic heterocycles. The monoisotopic (exact) mass is 385 g/mol. The molecule has 0 atom stereocenters. The summed E-state index contributed by atoms with van der Waals surface area (Å²) in [4.78, 5) is 12.5. The third-order valence-electron chi connectivity index (χ3n) is 4.36.